The van der Waals surface area contributed by atoms with Crippen molar-refractivity contribution in [2.75, 3.05) is 5.32 Å². The van der Waals surface area contributed by atoms with E-state index in [-0.39, 0.29) is 23.8 Å². The minimum atomic E-state index is -3.02. The zero-order chi connectivity index (χ0) is 18.5. The Balaban J connectivity index is 1.90. The summed E-state index contributed by atoms with van der Waals surface area (Å²) in [5.41, 5.74) is -0.620. The number of hydrogen-bond donors (Lipinski definition) is 1. The van der Waals surface area contributed by atoms with Crippen LogP contribution in [-0.4, -0.2) is 5.91 Å². The van der Waals surface area contributed by atoms with Gasteiger partial charge in [-0.25, -0.2) is 0 Å². The molecule has 1 heterocycles. The average molecular weight is 387 g/mol. The van der Waals surface area contributed by atoms with Gasteiger partial charge in [-0.15, -0.1) is 9.24 Å². The number of alkyl halides is 2. The van der Waals surface area contributed by atoms with Crippen molar-refractivity contribution in [3.8, 4) is 0 Å². The summed E-state index contributed by atoms with van der Waals surface area (Å²) in [5.74, 6) is -0.354. The molecule has 4 rings (SSSR count). The van der Waals surface area contributed by atoms with E-state index >= 15 is 0 Å². The average Bonchev–Trinajstić information content (AvgIpc) is 2.60. The number of benzene rings is 3. The van der Waals surface area contributed by atoms with Crippen molar-refractivity contribution in [2.24, 2.45) is 0 Å². The maximum absolute atomic E-state index is 13.9. The molecule has 0 saturated carbocycles. The molecule has 3 atom stereocenters. The third-order valence-electron chi connectivity index (χ3n) is 4.83. The van der Waals surface area contributed by atoms with Crippen LogP contribution in [-0.2, 0) is 10.5 Å². The van der Waals surface area contributed by atoms with Gasteiger partial charge in [-0.3, -0.25) is 4.79 Å². The van der Waals surface area contributed by atoms with Gasteiger partial charge in [-0.2, -0.15) is 8.78 Å². The molecule has 0 fully saturated rings. The van der Waals surface area contributed by atoms with Crippen LogP contribution in [0.3, 0.4) is 0 Å². The van der Waals surface area contributed by atoms with E-state index in [0.29, 0.717) is 5.30 Å². The van der Waals surface area contributed by atoms with Crippen molar-refractivity contribution in [1.82, 2.24) is 0 Å². The smallest absolute Gasteiger partial charge is 0.284 e. The SMILES string of the molecule is O=C1CC(c2ccc(P)c(C(F)(F)P)c2)c2ccc3ccccc3c2N1. The Bertz CT molecular complexity index is 1030. The van der Waals surface area contributed by atoms with Gasteiger partial charge in [0.15, 0.2) is 0 Å². The van der Waals surface area contributed by atoms with E-state index in [1.807, 2.05) is 42.5 Å². The molecule has 1 aliphatic rings. The number of rotatable bonds is 2. The fourth-order valence-electron chi connectivity index (χ4n) is 3.58. The Labute approximate surface area is 154 Å². The van der Waals surface area contributed by atoms with Crippen molar-refractivity contribution >= 4 is 46.2 Å². The van der Waals surface area contributed by atoms with Gasteiger partial charge in [0.25, 0.3) is 5.66 Å². The van der Waals surface area contributed by atoms with E-state index in [9.17, 15) is 13.6 Å². The summed E-state index contributed by atoms with van der Waals surface area (Å²) in [7, 11) is 3.93. The lowest BCUT2D eigenvalue weighted by Gasteiger charge is -2.28. The topological polar surface area (TPSA) is 29.1 Å². The summed E-state index contributed by atoms with van der Waals surface area (Å²) in [5, 5.41) is 5.41. The zero-order valence-electron chi connectivity index (χ0n) is 13.8. The Hall–Kier alpha value is -1.89. The molecule has 0 aliphatic carbocycles. The summed E-state index contributed by atoms with van der Waals surface area (Å²) < 4.78 is 27.8. The highest BCUT2D eigenvalue weighted by atomic mass is 31.0. The molecule has 3 aromatic carbocycles. The molecule has 26 heavy (non-hydrogen) atoms. The molecule has 1 amide bonds. The van der Waals surface area contributed by atoms with Gasteiger partial charge in [-0.1, -0.05) is 57.8 Å². The molecular weight excluding hydrogens is 370 g/mol. The van der Waals surface area contributed by atoms with Crippen LogP contribution in [0.4, 0.5) is 14.5 Å². The number of anilines is 1. The van der Waals surface area contributed by atoms with Crippen LogP contribution in [0.2, 0.25) is 0 Å². The normalized spacial score (nSPS) is 17.1. The van der Waals surface area contributed by atoms with E-state index in [2.05, 4.69) is 14.6 Å². The second-order valence-electron chi connectivity index (χ2n) is 6.53. The van der Waals surface area contributed by atoms with E-state index in [0.717, 1.165) is 27.6 Å². The molecule has 6 heteroatoms. The first kappa shape index (κ1) is 17.5. The van der Waals surface area contributed by atoms with Crippen LogP contribution in [0, 0.1) is 0 Å². The number of carbonyl (C=O) groups excluding carboxylic acids is 1. The summed E-state index contributed by atoms with van der Waals surface area (Å²) in [6.07, 6.45) is 0.239. The van der Waals surface area contributed by atoms with E-state index in [1.54, 1.807) is 15.3 Å². The Kier molecular flexibility index (Phi) is 4.29. The lowest BCUT2D eigenvalue weighted by atomic mass is 9.83. The summed E-state index contributed by atoms with van der Waals surface area (Å²) in [6, 6.07) is 16.8. The van der Waals surface area contributed by atoms with Crippen molar-refractivity contribution in [3.63, 3.8) is 0 Å². The maximum Gasteiger partial charge on any atom is 0.284 e. The van der Waals surface area contributed by atoms with Gasteiger partial charge >= 0.3 is 0 Å². The number of fused-ring (bicyclic) bond motifs is 3. The lowest BCUT2D eigenvalue weighted by molar-refractivity contribution is -0.116. The maximum atomic E-state index is 13.9. The van der Waals surface area contributed by atoms with Crippen molar-refractivity contribution < 1.29 is 13.6 Å². The number of nitrogens with one attached hydrogen (secondary N) is 1. The fraction of sp³-hybridized carbons (Fsp3) is 0.150. The first-order chi connectivity index (χ1) is 12.3. The largest absolute Gasteiger partial charge is 0.325 e. The van der Waals surface area contributed by atoms with Crippen LogP contribution in [0.15, 0.2) is 54.6 Å². The number of amides is 1. The highest BCUT2D eigenvalue weighted by Gasteiger charge is 2.31. The minimum Gasteiger partial charge on any atom is -0.325 e. The molecule has 0 spiro atoms. The van der Waals surface area contributed by atoms with E-state index in [1.165, 1.54) is 6.07 Å². The molecule has 132 valence electrons. The zero-order valence-corrected chi connectivity index (χ0v) is 16.1. The molecule has 1 aliphatic heterocycles. The highest BCUT2D eigenvalue weighted by Crippen LogP contribution is 2.42. The predicted molar refractivity (Wildman–Crippen MR) is 108 cm³/mol. The van der Waals surface area contributed by atoms with Crippen molar-refractivity contribution in [3.05, 3.63) is 71.3 Å². The summed E-state index contributed by atoms with van der Waals surface area (Å²) in [6.45, 7) is 0. The second kappa shape index (κ2) is 6.37. The first-order valence-electron chi connectivity index (χ1n) is 8.22. The quantitative estimate of drug-likeness (QED) is 0.633. The van der Waals surface area contributed by atoms with Gasteiger partial charge in [-0.05, 0) is 27.9 Å². The standard InChI is InChI=1S/C20H17F2NOP2/c21-20(22,26)16-9-12(6-8-17(16)25)15-10-18(24)23-19-13-4-2-1-3-11(13)5-7-14(15)19/h1-9,15H,10,25-26H2,(H,23,24). The summed E-state index contributed by atoms with van der Waals surface area (Å²) in [4.78, 5) is 12.3. The molecule has 0 saturated heterocycles. The molecule has 3 unspecified atom stereocenters. The van der Waals surface area contributed by atoms with Gasteiger partial charge in [0, 0.05) is 23.3 Å². The van der Waals surface area contributed by atoms with Crippen LogP contribution in [0.25, 0.3) is 10.8 Å². The van der Waals surface area contributed by atoms with Crippen LogP contribution < -0.4 is 10.6 Å². The Morgan fingerprint density at radius 3 is 2.62 bits per heavy atom. The van der Waals surface area contributed by atoms with E-state index in [4.69, 9.17) is 0 Å². The second-order valence-corrected chi connectivity index (χ2v) is 7.87. The van der Waals surface area contributed by atoms with E-state index < -0.39 is 5.66 Å². The Morgan fingerprint density at radius 1 is 1.08 bits per heavy atom. The molecule has 1 N–H and O–H groups in total. The van der Waals surface area contributed by atoms with Crippen LogP contribution in [0.5, 0.6) is 0 Å². The van der Waals surface area contributed by atoms with Gasteiger partial charge < -0.3 is 5.32 Å². The molecule has 3 aromatic rings. The number of halogens is 2. The van der Waals surface area contributed by atoms with Crippen molar-refractivity contribution in [2.45, 2.75) is 18.0 Å². The van der Waals surface area contributed by atoms with Gasteiger partial charge in [0.1, 0.15) is 0 Å². The van der Waals surface area contributed by atoms with Crippen molar-refractivity contribution in [1.29, 1.82) is 0 Å². The third-order valence-corrected chi connectivity index (χ3v) is 5.64. The molecule has 0 aromatic heterocycles. The lowest BCUT2D eigenvalue weighted by Crippen LogP contribution is -2.24. The number of carbonyl (C=O) groups is 1. The van der Waals surface area contributed by atoms with Crippen LogP contribution >= 0.6 is 18.5 Å². The first-order valence-corrected chi connectivity index (χ1v) is 9.38. The molecule has 0 bridgehead atoms. The monoisotopic (exact) mass is 387 g/mol. The Morgan fingerprint density at radius 2 is 1.85 bits per heavy atom. The number of hydrogen-bond acceptors (Lipinski definition) is 1. The predicted octanol–water partition coefficient (Wildman–Crippen LogP) is 4.74. The summed E-state index contributed by atoms with van der Waals surface area (Å²) >= 11 is 0. The molecule has 0 radical (unpaired) electrons. The van der Waals surface area contributed by atoms with Gasteiger partial charge in [0.2, 0.25) is 5.91 Å². The van der Waals surface area contributed by atoms with Gasteiger partial charge in [0.05, 0.1) is 5.69 Å². The molecular formula is C20H17F2NOP2. The fourth-order valence-corrected chi connectivity index (χ4v) is 4.37. The minimum absolute atomic E-state index is 0.0571. The third kappa shape index (κ3) is 3.02. The molecule has 2 nitrogen and oxygen atoms in total. The van der Waals surface area contributed by atoms with Crippen LogP contribution in [0.1, 0.15) is 29.0 Å². The highest BCUT2D eigenvalue weighted by molar-refractivity contribution is 7.27.